The summed E-state index contributed by atoms with van der Waals surface area (Å²) in [6, 6.07) is 8.83. The van der Waals surface area contributed by atoms with Crippen LogP contribution in [0.15, 0.2) is 41.4 Å². The minimum atomic E-state index is -3.65. The van der Waals surface area contributed by atoms with E-state index in [2.05, 4.69) is 9.62 Å². The van der Waals surface area contributed by atoms with Gasteiger partial charge in [0.05, 0.1) is 24.2 Å². The summed E-state index contributed by atoms with van der Waals surface area (Å²) >= 11 is 5.99. The van der Waals surface area contributed by atoms with E-state index in [4.69, 9.17) is 16.3 Å². The van der Waals surface area contributed by atoms with Crippen LogP contribution in [-0.2, 0) is 21.8 Å². The van der Waals surface area contributed by atoms with E-state index in [9.17, 15) is 8.42 Å². The Bertz CT molecular complexity index is 860. The molecule has 0 amide bonds. The van der Waals surface area contributed by atoms with Crippen molar-refractivity contribution in [2.45, 2.75) is 17.9 Å². The zero-order valence-electron chi connectivity index (χ0n) is 15.0. The van der Waals surface area contributed by atoms with Crippen molar-refractivity contribution in [1.29, 1.82) is 0 Å². The molecule has 1 saturated heterocycles. The molecule has 1 aromatic heterocycles. The molecule has 2 heterocycles. The lowest BCUT2D eigenvalue weighted by Crippen LogP contribution is -2.44. The van der Waals surface area contributed by atoms with Crippen molar-refractivity contribution in [3.63, 3.8) is 0 Å². The second kappa shape index (κ2) is 8.10. The number of ether oxygens (including phenoxy) is 1. The Labute approximate surface area is 159 Å². The number of nitrogens with zero attached hydrogens (tertiary/aromatic N) is 2. The third-order valence-electron chi connectivity index (χ3n) is 4.72. The second-order valence-electron chi connectivity index (χ2n) is 6.47. The van der Waals surface area contributed by atoms with Crippen molar-refractivity contribution in [3.05, 3.63) is 52.8 Å². The number of hydrogen-bond donors (Lipinski definition) is 1. The number of aryl methyl sites for hydroxylation is 2. The van der Waals surface area contributed by atoms with Crippen molar-refractivity contribution in [1.82, 2.24) is 14.2 Å². The van der Waals surface area contributed by atoms with E-state index < -0.39 is 10.0 Å². The number of hydrogen-bond acceptors (Lipinski definition) is 4. The Morgan fingerprint density at radius 3 is 2.65 bits per heavy atom. The Morgan fingerprint density at radius 1 is 1.27 bits per heavy atom. The standard InChI is InChI=1S/C18H24ClN3O3S/c1-14-5-6-15(19)12-18(14)26(23,24)20-13-17(16-4-3-7-21(16)2)22-8-10-25-11-9-22/h3-7,12,17,20H,8-11,13H2,1-2H3/t17-/m1/s1. The molecule has 1 N–H and O–H groups in total. The predicted octanol–water partition coefficient (Wildman–Crippen LogP) is 2.34. The molecule has 1 fully saturated rings. The van der Waals surface area contributed by atoms with Crippen molar-refractivity contribution in [2.24, 2.45) is 7.05 Å². The number of halogens is 1. The minimum absolute atomic E-state index is 0.0619. The SMILES string of the molecule is Cc1ccc(Cl)cc1S(=O)(=O)NC[C@H](c1cccn1C)N1CCOCC1. The molecule has 3 rings (SSSR count). The Balaban J connectivity index is 1.83. The molecule has 8 heteroatoms. The summed E-state index contributed by atoms with van der Waals surface area (Å²) in [4.78, 5) is 2.48. The molecule has 142 valence electrons. The molecule has 0 saturated carbocycles. The van der Waals surface area contributed by atoms with Crippen LogP contribution in [0.3, 0.4) is 0 Å². The molecule has 2 aromatic rings. The second-order valence-corrected chi connectivity index (χ2v) is 8.64. The first kappa shape index (κ1) is 19.4. The highest BCUT2D eigenvalue weighted by Crippen LogP contribution is 2.24. The highest BCUT2D eigenvalue weighted by atomic mass is 35.5. The maximum absolute atomic E-state index is 12.8. The molecule has 1 aliphatic rings. The van der Waals surface area contributed by atoms with Gasteiger partial charge in [0, 0.05) is 43.6 Å². The number of sulfonamides is 1. The average molecular weight is 398 g/mol. The van der Waals surface area contributed by atoms with Crippen LogP contribution in [0.25, 0.3) is 0 Å². The summed E-state index contributed by atoms with van der Waals surface area (Å²) in [7, 11) is -1.68. The minimum Gasteiger partial charge on any atom is -0.379 e. The van der Waals surface area contributed by atoms with E-state index in [1.54, 1.807) is 19.1 Å². The third-order valence-corrected chi connectivity index (χ3v) is 6.52. The fraction of sp³-hybridized carbons (Fsp3) is 0.444. The first-order valence-corrected chi connectivity index (χ1v) is 10.4. The fourth-order valence-corrected chi connectivity index (χ4v) is 4.80. The maximum atomic E-state index is 12.8. The van der Waals surface area contributed by atoms with Gasteiger partial charge in [0.15, 0.2) is 0 Å². The molecule has 0 aliphatic carbocycles. The van der Waals surface area contributed by atoms with Gasteiger partial charge in [-0.05, 0) is 36.8 Å². The number of nitrogens with one attached hydrogen (secondary N) is 1. The Kier molecular flexibility index (Phi) is 6.04. The summed E-state index contributed by atoms with van der Waals surface area (Å²) in [5.74, 6) is 0. The van der Waals surface area contributed by atoms with Gasteiger partial charge in [-0.3, -0.25) is 4.90 Å². The molecular formula is C18H24ClN3O3S. The summed E-state index contributed by atoms with van der Waals surface area (Å²) in [5.41, 5.74) is 1.74. The smallest absolute Gasteiger partial charge is 0.240 e. The molecule has 6 nitrogen and oxygen atoms in total. The van der Waals surface area contributed by atoms with E-state index in [-0.39, 0.29) is 17.5 Å². The topological polar surface area (TPSA) is 63.6 Å². The van der Waals surface area contributed by atoms with E-state index in [0.29, 0.717) is 23.8 Å². The molecule has 0 spiro atoms. The summed E-state index contributed by atoms with van der Waals surface area (Å²) < 4.78 is 35.9. The first-order valence-electron chi connectivity index (χ1n) is 8.57. The zero-order valence-corrected chi connectivity index (χ0v) is 16.6. The maximum Gasteiger partial charge on any atom is 0.240 e. The lowest BCUT2D eigenvalue weighted by molar-refractivity contribution is 0.0158. The summed E-state index contributed by atoms with van der Waals surface area (Å²) in [6.45, 7) is 4.90. The zero-order chi connectivity index (χ0) is 18.7. The van der Waals surface area contributed by atoms with Crippen LogP contribution in [-0.4, -0.2) is 50.7 Å². The van der Waals surface area contributed by atoms with Crippen LogP contribution in [0.4, 0.5) is 0 Å². The van der Waals surface area contributed by atoms with Crippen molar-refractivity contribution >= 4 is 21.6 Å². The number of benzene rings is 1. The Morgan fingerprint density at radius 2 is 2.00 bits per heavy atom. The van der Waals surface area contributed by atoms with Crippen molar-refractivity contribution < 1.29 is 13.2 Å². The number of rotatable bonds is 6. The molecule has 1 atom stereocenters. The normalized spacial score (nSPS) is 17.3. The first-order chi connectivity index (χ1) is 12.4. The summed E-state index contributed by atoms with van der Waals surface area (Å²) in [5, 5.41) is 0.406. The van der Waals surface area contributed by atoms with E-state index in [1.165, 1.54) is 6.07 Å². The highest BCUT2D eigenvalue weighted by Gasteiger charge is 2.27. The molecule has 0 bridgehead atoms. The summed E-state index contributed by atoms with van der Waals surface area (Å²) in [6.07, 6.45) is 1.97. The molecule has 0 unspecified atom stereocenters. The van der Waals surface area contributed by atoms with E-state index in [0.717, 1.165) is 18.8 Å². The van der Waals surface area contributed by atoms with Gasteiger partial charge in [0.1, 0.15) is 0 Å². The molecule has 1 aromatic carbocycles. The van der Waals surface area contributed by atoms with Crippen LogP contribution >= 0.6 is 11.6 Å². The van der Waals surface area contributed by atoms with Gasteiger partial charge < -0.3 is 9.30 Å². The average Bonchev–Trinajstić information content (AvgIpc) is 3.04. The van der Waals surface area contributed by atoms with Crippen LogP contribution in [0, 0.1) is 6.92 Å². The number of morpholine rings is 1. The van der Waals surface area contributed by atoms with Crippen LogP contribution in [0.2, 0.25) is 5.02 Å². The Hall–Kier alpha value is -1.38. The van der Waals surface area contributed by atoms with Gasteiger partial charge in [-0.2, -0.15) is 0 Å². The lowest BCUT2D eigenvalue weighted by Gasteiger charge is -2.35. The molecular weight excluding hydrogens is 374 g/mol. The van der Waals surface area contributed by atoms with Crippen LogP contribution < -0.4 is 4.72 Å². The van der Waals surface area contributed by atoms with Gasteiger partial charge in [0.2, 0.25) is 10.0 Å². The van der Waals surface area contributed by atoms with Gasteiger partial charge in [0.25, 0.3) is 0 Å². The monoisotopic (exact) mass is 397 g/mol. The number of aromatic nitrogens is 1. The van der Waals surface area contributed by atoms with Gasteiger partial charge >= 0.3 is 0 Å². The van der Waals surface area contributed by atoms with Gasteiger partial charge in [-0.25, -0.2) is 13.1 Å². The van der Waals surface area contributed by atoms with Gasteiger partial charge in [-0.1, -0.05) is 17.7 Å². The highest BCUT2D eigenvalue weighted by molar-refractivity contribution is 7.89. The molecule has 26 heavy (non-hydrogen) atoms. The third kappa shape index (κ3) is 4.29. The van der Waals surface area contributed by atoms with Crippen LogP contribution in [0.5, 0.6) is 0 Å². The molecule has 1 aliphatic heterocycles. The largest absolute Gasteiger partial charge is 0.379 e. The van der Waals surface area contributed by atoms with Gasteiger partial charge in [-0.15, -0.1) is 0 Å². The van der Waals surface area contributed by atoms with Crippen LogP contribution in [0.1, 0.15) is 17.3 Å². The van der Waals surface area contributed by atoms with E-state index >= 15 is 0 Å². The lowest BCUT2D eigenvalue weighted by atomic mass is 10.1. The fourth-order valence-electron chi connectivity index (χ4n) is 3.26. The van der Waals surface area contributed by atoms with Crippen molar-refractivity contribution in [3.8, 4) is 0 Å². The quantitative estimate of drug-likeness (QED) is 0.812. The predicted molar refractivity (Wildman–Crippen MR) is 102 cm³/mol. The molecule has 0 radical (unpaired) electrons. The van der Waals surface area contributed by atoms with Crippen molar-refractivity contribution in [2.75, 3.05) is 32.8 Å². The van der Waals surface area contributed by atoms with E-state index in [1.807, 2.05) is 29.9 Å².